The number of ether oxygens (including phenoxy) is 2. The van der Waals surface area contributed by atoms with Crippen LogP contribution in [0, 0.1) is 13.8 Å². The van der Waals surface area contributed by atoms with E-state index in [4.69, 9.17) is 9.47 Å². The number of rotatable bonds is 6. The number of anilines is 1. The van der Waals surface area contributed by atoms with E-state index in [1.807, 2.05) is 0 Å². The zero-order valence-electron chi connectivity index (χ0n) is 16.0. The summed E-state index contributed by atoms with van der Waals surface area (Å²) in [6.07, 6.45) is -3.20. The van der Waals surface area contributed by atoms with Crippen LogP contribution in [0.15, 0.2) is 30.5 Å². The highest BCUT2D eigenvalue weighted by Gasteiger charge is 2.31. The molecule has 3 aromatic rings. The van der Waals surface area contributed by atoms with Gasteiger partial charge in [-0.2, -0.15) is 18.3 Å². The molecule has 1 aromatic carbocycles. The number of amides is 1. The van der Waals surface area contributed by atoms with Crippen molar-refractivity contribution in [2.24, 2.45) is 0 Å². The molecule has 0 aliphatic heterocycles. The summed E-state index contributed by atoms with van der Waals surface area (Å²) >= 11 is 0. The molecule has 7 nitrogen and oxygen atoms in total. The van der Waals surface area contributed by atoms with Crippen molar-refractivity contribution in [3.63, 3.8) is 0 Å². The van der Waals surface area contributed by atoms with Crippen molar-refractivity contribution in [3.05, 3.63) is 53.0 Å². The van der Waals surface area contributed by atoms with E-state index in [0.29, 0.717) is 11.3 Å². The molecule has 2 heterocycles. The molecule has 10 heteroatoms. The van der Waals surface area contributed by atoms with Gasteiger partial charge in [0, 0.05) is 19.4 Å². The van der Waals surface area contributed by atoms with E-state index in [0.717, 1.165) is 17.8 Å². The number of hydrogen-bond acceptors (Lipinski definition) is 5. The van der Waals surface area contributed by atoms with Gasteiger partial charge in [0.25, 0.3) is 5.91 Å². The summed E-state index contributed by atoms with van der Waals surface area (Å²) in [4.78, 5) is 17.0. The molecule has 1 N–H and O–H groups in total. The van der Waals surface area contributed by atoms with Gasteiger partial charge in [0.05, 0.1) is 34.8 Å². The van der Waals surface area contributed by atoms with E-state index < -0.39 is 17.6 Å². The number of carbonyl (C=O) groups is 1. The smallest absolute Gasteiger partial charge is 0.416 e. The van der Waals surface area contributed by atoms with E-state index >= 15 is 0 Å². The second kappa shape index (κ2) is 8.08. The molecule has 3 rings (SSSR count). The topological polar surface area (TPSA) is 77.8 Å². The summed E-state index contributed by atoms with van der Waals surface area (Å²) in [6, 6.07) is 4.64. The van der Waals surface area contributed by atoms with Crippen molar-refractivity contribution in [1.29, 1.82) is 0 Å². The lowest BCUT2D eigenvalue weighted by atomic mass is 10.1. The maximum absolute atomic E-state index is 13.1. The highest BCUT2D eigenvalue weighted by Crippen LogP contribution is 2.35. The molecule has 0 saturated heterocycles. The highest BCUT2D eigenvalue weighted by atomic mass is 19.4. The molecule has 154 valence electrons. The fourth-order valence-electron chi connectivity index (χ4n) is 2.74. The van der Waals surface area contributed by atoms with Gasteiger partial charge in [0.15, 0.2) is 5.65 Å². The Kier molecular flexibility index (Phi) is 5.73. The van der Waals surface area contributed by atoms with Crippen LogP contribution in [0.2, 0.25) is 0 Å². The molecular weight excluding hydrogens is 389 g/mol. The van der Waals surface area contributed by atoms with Crippen LogP contribution in [0.3, 0.4) is 0 Å². The standard InChI is InChI=1S/C19H19F3N4O3/c1-11-8-17-23-10-14(12(2)26(17)25-11)18(27)24-15-9-13(19(20,21)22)4-5-16(15)29-7-6-28-3/h4-5,8-10H,6-7H2,1-3H3,(H,24,27). The minimum Gasteiger partial charge on any atom is -0.489 e. The second-order valence-corrected chi connectivity index (χ2v) is 6.32. The lowest BCUT2D eigenvalue weighted by Gasteiger charge is -2.16. The van der Waals surface area contributed by atoms with Crippen molar-refractivity contribution in [2.45, 2.75) is 20.0 Å². The predicted octanol–water partition coefficient (Wildman–Crippen LogP) is 3.64. The van der Waals surface area contributed by atoms with Crippen LogP contribution in [-0.2, 0) is 10.9 Å². The molecule has 0 aliphatic carbocycles. The number of aromatic nitrogens is 3. The number of fused-ring (bicyclic) bond motifs is 1. The molecule has 0 fully saturated rings. The Balaban J connectivity index is 1.94. The summed E-state index contributed by atoms with van der Waals surface area (Å²) < 4.78 is 51.2. The van der Waals surface area contributed by atoms with E-state index in [2.05, 4.69) is 15.4 Å². The molecule has 0 radical (unpaired) electrons. The van der Waals surface area contributed by atoms with Gasteiger partial charge in [-0.1, -0.05) is 0 Å². The Bertz CT molecular complexity index is 1050. The van der Waals surface area contributed by atoms with E-state index in [1.165, 1.54) is 23.9 Å². The molecule has 1 amide bonds. The van der Waals surface area contributed by atoms with E-state index in [9.17, 15) is 18.0 Å². The molecule has 29 heavy (non-hydrogen) atoms. The molecule has 0 aliphatic rings. The van der Waals surface area contributed by atoms with Crippen molar-refractivity contribution in [1.82, 2.24) is 14.6 Å². The molecule has 0 saturated carbocycles. The van der Waals surface area contributed by atoms with Crippen LogP contribution in [0.1, 0.15) is 27.3 Å². The molecule has 0 atom stereocenters. The number of nitrogens with one attached hydrogen (secondary N) is 1. The van der Waals surface area contributed by atoms with Crippen LogP contribution in [0.5, 0.6) is 5.75 Å². The third kappa shape index (κ3) is 4.48. The third-order valence-corrected chi connectivity index (χ3v) is 4.19. The lowest BCUT2D eigenvalue weighted by Crippen LogP contribution is -2.18. The number of aryl methyl sites for hydroxylation is 2. The SMILES string of the molecule is COCCOc1ccc(C(F)(F)F)cc1NC(=O)c1cnc2cc(C)nn2c1C. The van der Waals surface area contributed by atoms with Crippen LogP contribution in [0.4, 0.5) is 18.9 Å². The fraction of sp³-hybridized carbons (Fsp3) is 0.316. The minimum atomic E-state index is -4.56. The number of carbonyl (C=O) groups excluding carboxylic acids is 1. The Labute approximate surface area is 164 Å². The lowest BCUT2D eigenvalue weighted by molar-refractivity contribution is -0.137. The van der Waals surface area contributed by atoms with Crippen molar-refractivity contribution < 1.29 is 27.4 Å². The van der Waals surface area contributed by atoms with Gasteiger partial charge >= 0.3 is 6.18 Å². The fourth-order valence-corrected chi connectivity index (χ4v) is 2.74. The van der Waals surface area contributed by atoms with E-state index in [-0.39, 0.29) is 30.2 Å². The first kappa shape index (κ1) is 20.6. The van der Waals surface area contributed by atoms with Crippen LogP contribution in [-0.4, -0.2) is 40.8 Å². The molecular formula is C19H19F3N4O3. The average molecular weight is 408 g/mol. The normalized spacial score (nSPS) is 11.7. The molecule has 2 aromatic heterocycles. The number of methoxy groups -OCH3 is 1. The molecule has 0 spiro atoms. The quantitative estimate of drug-likeness (QED) is 0.630. The maximum atomic E-state index is 13.1. The predicted molar refractivity (Wildman–Crippen MR) is 99.2 cm³/mol. The minimum absolute atomic E-state index is 0.0999. The Hall–Kier alpha value is -3.14. The van der Waals surface area contributed by atoms with Crippen LogP contribution < -0.4 is 10.1 Å². The van der Waals surface area contributed by atoms with Gasteiger partial charge in [-0.25, -0.2) is 9.50 Å². The summed E-state index contributed by atoms with van der Waals surface area (Å²) in [5.74, 6) is -0.522. The number of halogens is 3. The Morgan fingerprint density at radius 1 is 1.21 bits per heavy atom. The van der Waals surface area contributed by atoms with E-state index in [1.54, 1.807) is 19.9 Å². The van der Waals surface area contributed by atoms with Gasteiger partial charge in [0.1, 0.15) is 12.4 Å². The van der Waals surface area contributed by atoms with Crippen molar-refractivity contribution >= 4 is 17.2 Å². The molecule has 0 unspecified atom stereocenters. The first-order valence-corrected chi connectivity index (χ1v) is 8.67. The van der Waals surface area contributed by atoms with Gasteiger partial charge in [-0.3, -0.25) is 4.79 Å². The highest BCUT2D eigenvalue weighted by molar-refractivity contribution is 6.05. The Morgan fingerprint density at radius 3 is 2.66 bits per heavy atom. The van der Waals surface area contributed by atoms with Crippen LogP contribution >= 0.6 is 0 Å². The van der Waals surface area contributed by atoms with Crippen LogP contribution in [0.25, 0.3) is 5.65 Å². The number of benzene rings is 1. The third-order valence-electron chi connectivity index (χ3n) is 4.19. The number of alkyl halides is 3. The Morgan fingerprint density at radius 2 is 1.97 bits per heavy atom. The van der Waals surface area contributed by atoms with Gasteiger partial charge < -0.3 is 14.8 Å². The summed E-state index contributed by atoms with van der Waals surface area (Å²) in [7, 11) is 1.47. The number of hydrogen-bond donors (Lipinski definition) is 1. The second-order valence-electron chi connectivity index (χ2n) is 6.32. The average Bonchev–Trinajstić information content (AvgIpc) is 3.03. The zero-order chi connectivity index (χ0) is 21.2. The summed E-state index contributed by atoms with van der Waals surface area (Å²) in [6.45, 7) is 3.83. The van der Waals surface area contributed by atoms with Gasteiger partial charge in [0.2, 0.25) is 0 Å². The van der Waals surface area contributed by atoms with Crippen molar-refractivity contribution in [2.75, 3.05) is 25.6 Å². The molecule has 0 bridgehead atoms. The monoisotopic (exact) mass is 408 g/mol. The first-order valence-electron chi connectivity index (χ1n) is 8.67. The van der Waals surface area contributed by atoms with Gasteiger partial charge in [-0.15, -0.1) is 0 Å². The van der Waals surface area contributed by atoms with Gasteiger partial charge in [-0.05, 0) is 32.0 Å². The zero-order valence-corrected chi connectivity index (χ0v) is 16.0. The summed E-state index contributed by atoms with van der Waals surface area (Å²) in [5, 5.41) is 6.76. The van der Waals surface area contributed by atoms with Crippen molar-refractivity contribution in [3.8, 4) is 5.75 Å². The summed E-state index contributed by atoms with van der Waals surface area (Å²) in [5.41, 5.74) is 0.983. The maximum Gasteiger partial charge on any atom is 0.416 e. The largest absolute Gasteiger partial charge is 0.489 e. The number of nitrogens with zero attached hydrogens (tertiary/aromatic N) is 3. The first-order chi connectivity index (χ1) is 13.7.